The first-order valence-corrected chi connectivity index (χ1v) is 10.2. The summed E-state index contributed by atoms with van der Waals surface area (Å²) in [7, 11) is 3.49. The maximum atomic E-state index is 13.4. The lowest BCUT2D eigenvalue weighted by Crippen LogP contribution is -2.28. The lowest BCUT2D eigenvalue weighted by Gasteiger charge is -2.09. The van der Waals surface area contributed by atoms with Crippen molar-refractivity contribution >= 4 is 5.91 Å². The fourth-order valence-corrected chi connectivity index (χ4v) is 3.53. The Hall–Kier alpha value is -3.94. The highest BCUT2D eigenvalue weighted by Gasteiger charge is 2.17. The van der Waals surface area contributed by atoms with Crippen LogP contribution in [0.15, 0.2) is 67.1 Å². The monoisotopic (exact) mass is 433 g/mol. The van der Waals surface area contributed by atoms with Crippen molar-refractivity contribution in [3.63, 3.8) is 0 Å². The van der Waals surface area contributed by atoms with Gasteiger partial charge in [-0.15, -0.1) is 0 Å². The number of imidazole rings is 1. The second kappa shape index (κ2) is 9.47. The van der Waals surface area contributed by atoms with Crippen LogP contribution < -0.4 is 10.1 Å². The fourth-order valence-electron chi connectivity index (χ4n) is 3.53. The Balaban J connectivity index is 1.47. The molecule has 0 saturated carbocycles. The highest BCUT2D eigenvalue weighted by molar-refractivity contribution is 5.79. The van der Waals surface area contributed by atoms with Crippen LogP contribution in [0.4, 0.5) is 4.39 Å². The fraction of sp³-hybridized carbons (Fsp3) is 0.208. The molecule has 164 valence electrons. The number of nitrogens with one attached hydrogen (secondary N) is 1. The number of aromatic nitrogens is 4. The molecule has 0 radical (unpaired) electrons. The van der Waals surface area contributed by atoms with Gasteiger partial charge in [0.05, 0.1) is 20.1 Å². The van der Waals surface area contributed by atoms with Crippen LogP contribution in [0.2, 0.25) is 0 Å². The van der Waals surface area contributed by atoms with Gasteiger partial charge >= 0.3 is 0 Å². The molecule has 7 nitrogen and oxygen atoms in total. The predicted octanol–water partition coefficient (Wildman–Crippen LogP) is 3.46. The van der Waals surface area contributed by atoms with E-state index in [0.717, 1.165) is 16.7 Å². The van der Waals surface area contributed by atoms with Gasteiger partial charge in [0.2, 0.25) is 5.91 Å². The Labute approximate surface area is 185 Å². The largest absolute Gasteiger partial charge is 0.496 e. The van der Waals surface area contributed by atoms with Gasteiger partial charge in [0.25, 0.3) is 0 Å². The summed E-state index contributed by atoms with van der Waals surface area (Å²) in [4.78, 5) is 16.8. The van der Waals surface area contributed by atoms with Crippen molar-refractivity contribution in [1.29, 1.82) is 0 Å². The van der Waals surface area contributed by atoms with E-state index >= 15 is 0 Å². The van der Waals surface area contributed by atoms with Gasteiger partial charge in [-0.05, 0) is 23.8 Å². The van der Waals surface area contributed by atoms with Crippen LogP contribution in [0.25, 0.3) is 22.6 Å². The lowest BCUT2D eigenvalue weighted by atomic mass is 10.1. The SMILES string of the molecule is COc1ccccc1CC(=O)NCCn1cc(-c2ccc(F)cc2)c(-c2nccn2C)n1. The smallest absolute Gasteiger partial charge is 0.224 e. The summed E-state index contributed by atoms with van der Waals surface area (Å²) in [6.07, 6.45) is 5.69. The number of rotatable bonds is 8. The molecule has 0 aliphatic carbocycles. The number of carbonyl (C=O) groups excluding carboxylic acids is 1. The summed E-state index contributed by atoms with van der Waals surface area (Å²) in [6, 6.07) is 13.7. The van der Waals surface area contributed by atoms with Crippen molar-refractivity contribution in [3.8, 4) is 28.4 Å². The van der Waals surface area contributed by atoms with Gasteiger partial charge < -0.3 is 14.6 Å². The molecule has 2 aromatic carbocycles. The number of aryl methyl sites for hydroxylation is 1. The van der Waals surface area contributed by atoms with Crippen molar-refractivity contribution < 1.29 is 13.9 Å². The second-order valence-corrected chi connectivity index (χ2v) is 7.36. The molecule has 4 aromatic rings. The lowest BCUT2D eigenvalue weighted by molar-refractivity contribution is -0.120. The number of nitrogens with zero attached hydrogens (tertiary/aromatic N) is 4. The zero-order valence-corrected chi connectivity index (χ0v) is 18.0. The molecule has 2 heterocycles. The average Bonchev–Trinajstić information content (AvgIpc) is 3.40. The van der Waals surface area contributed by atoms with Crippen molar-refractivity contribution in [2.45, 2.75) is 13.0 Å². The summed E-state index contributed by atoms with van der Waals surface area (Å²) >= 11 is 0. The van der Waals surface area contributed by atoms with Crippen LogP contribution in [0, 0.1) is 5.82 Å². The maximum Gasteiger partial charge on any atom is 0.224 e. The number of hydrogen-bond donors (Lipinski definition) is 1. The zero-order valence-electron chi connectivity index (χ0n) is 18.0. The highest BCUT2D eigenvalue weighted by atomic mass is 19.1. The van der Waals surface area contributed by atoms with Crippen LogP contribution >= 0.6 is 0 Å². The standard InChI is InChI=1S/C24H24FN5O2/c1-29-13-11-27-24(29)23-20(17-7-9-19(25)10-8-17)16-30(28-23)14-12-26-22(31)15-18-5-3-4-6-21(18)32-2/h3-11,13,16H,12,14-15H2,1-2H3,(H,26,31). The summed E-state index contributed by atoms with van der Waals surface area (Å²) in [5.74, 6) is 1.02. The molecule has 0 saturated heterocycles. The third-order valence-electron chi connectivity index (χ3n) is 5.16. The van der Waals surface area contributed by atoms with Gasteiger partial charge in [0.15, 0.2) is 5.82 Å². The number of halogens is 1. The van der Waals surface area contributed by atoms with Crippen LogP contribution in [-0.2, 0) is 24.8 Å². The molecule has 2 aromatic heterocycles. The molecule has 1 N–H and O–H groups in total. The van der Waals surface area contributed by atoms with E-state index < -0.39 is 0 Å². The first-order chi connectivity index (χ1) is 15.5. The number of para-hydroxylation sites is 1. The Morgan fingerprint density at radius 1 is 1.16 bits per heavy atom. The van der Waals surface area contributed by atoms with Crippen LogP contribution in [-0.4, -0.2) is 38.9 Å². The minimum absolute atomic E-state index is 0.0928. The van der Waals surface area contributed by atoms with Crippen molar-refractivity contribution in [1.82, 2.24) is 24.6 Å². The molecule has 0 spiro atoms. The Morgan fingerprint density at radius 3 is 2.66 bits per heavy atom. The van der Waals surface area contributed by atoms with E-state index in [1.165, 1.54) is 12.1 Å². The summed E-state index contributed by atoms with van der Waals surface area (Å²) in [6.45, 7) is 0.898. The number of carbonyl (C=O) groups is 1. The van der Waals surface area contributed by atoms with E-state index in [1.54, 1.807) is 30.1 Å². The van der Waals surface area contributed by atoms with Crippen LogP contribution in [0.3, 0.4) is 0 Å². The Bertz CT molecular complexity index is 1210. The average molecular weight is 433 g/mol. The number of ether oxygens (including phenoxy) is 1. The molecule has 0 unspecified atom stereocenters. The van der Waals surface area contributed by atoms with Gasteiger partial charge in [-0.2, -0.15) is 5.10 Å². The Morgan fingerprint density at radius 2 is 1.94 bits per heavy atom. The normalized spacial score (nSPS) is 10.8. The maximum absolute atomic E-state index is 13.4. The molecular formula is C24H24FN5O2. The van der Waals surface area contributed by atoms with Crippen molar-refractivity contribution in [2.24, 2.45) is 7.05 Å². The van der Waals surface area contributed by atoms with Crippen LogP contribution in [0.5, 0.6) is 5.75 Å². The third-order valence-corrected chi connectivity index (χ3v) is 5.16. The molecule has 4 rings (SSSR count). The van der Waals surface area contributed by atoms with Gasteiger partial charge in [0, 0.05) is 43.3 Å². The first-order valence-electron chi connectivity index (χ1n) is 10.2. The van der Waals surface area contributed by atoms with E-state index in [4.69, 9.17) is 4.74 Å². The molecule has 0 aliphatic rings. The van der Waals surface area contributed by atoms with E-state index in [0.29, 0.717) is 30.4 Å². The molecule has 8 heteroatoms. The molecule has 0 aliphatic heterocycles. The van der Waals surface area contributed by atoms with Gasteiger partial charge in [-0.25, -0.2) is 9.37 Å². The number of amides is 1. The molecular weight excluding hydrogens is 409 g/mol. The molecule has 32 heavy (non-hydrogen) atoms. The minimum Gasteiger partial charge on any atom is -0.496 e. The van der Waals surface area contributed by atoms with Crippen LogP contribution in [0.1, 0.15) is 5.56 Å². The molecule has 0 atom stereocenters. The molecule has 1 amide bonds. The molecule has 0 fully saturated rings. The predicted molar refractivity (Wildman–Crippen MR) is 120 cm³/mol. The van der Waals surface area contributed by atoms with Crippen molar-refractivity contribution in [3.05, 3.63) is 78.5 Å². The molecule has 0 bridgehead atoms. The van der Waals surface area contributed by atoms with Crippen molar-refractivity contribution in [2.75, 3.05) is 13.7 Å². The number of methoxy groups -OCH3 is 1. The zero-order chi connectivity index (χ0) is 22.5. The van der Waals surface area contributed by atoms with E-state index in [-0.39, 0.29) is 18.1 Å². The number of hydrogen-bond acceptors (Lipinski definition) is 4. The highest BCUT2D eigenvalue weighted by Crippen LogP contribution is 2.30. The van der Waals surface area contributed by atoms with Gasteiger partial charge in [0.1, 0.15) is 17.3 Å². The Kier molecular flexibility index (Phi) is 6.30. The summed E-state index contributed by atoms with van der Waals surface area (Å²) in [5, 5.41) is 7.62. The first kappa shape index (κ1) is 21.3. The quantitative estimate of drug-likeness (QED) is 0.462. The topological polar surface area (TPSA) is 74.0 Å². The minimum atomic E-state index is -0.294. The summed E-state index contributed by atoms with van der Waals surface area (Å²) in [5.41, 5.74) is 3.22. The van der Waals surface area contributed by atoms with E-state index in [2.05, 4.69) is 15.4 Å². The van der Waals surface area contributed by atoms with Gasteiger partial charge in [-0.1, -0.05) is 30.3 Å². The third kappa shape index (κ3) is 4.69. The van der Waals surface area contributed by atoms with E-state index in [9.17, 15) is 9.18 Å². The number of benzene rings is 2. The summed E-state index contributed by atoms with van der Waals surface area (Å²) < 4.78 is 22.4. The second-order valence-electron chi connectivity index (χ2n) is 7.36. The van der Waals surface area contributed by atoms with E-state index in [1.807, 2.05) is 48.3 Å². The van der Waals surface area contributed by atoms with Gasteiger partial charge in [-0.3, -0.25) is 9.48 Å².